The molecule has 0 spiro atoms. The maximum absolute atomic E-state index is 12.7. The van der Waals surface area contributed by atoms with Gasteiger partial charge in [0.2, 0.25) is 0 Å². The van der Waals surface area contributed by atoms with Gasteiger partial charge in [-0.05, 0) is 29.7 Å². The summed E-state index contributed by atoms with van der Waals surface area (Å²) in [6, 6.07) is 14.7. The summed E-state index contributed by atoms with van der Waals surface area (Å²) >= 11 is 0. The van der Waals surface area contributed by atoms with Crippen LogP contribution in [0.1, 0.15) is 22.9 Å². The van der Waals surface area contributed by atoms with E-state index in [9.17, 15) is 9.59 Å². The topological polar surface area (TPSA) is 101 Å². The number of benzene rings is 1. The summed E-state index contributed by atoms with van der Waals surface area (Å²) in [5.41, 5.74) is 4.30. The van der Waals surface area contributed by atoms with Gasteiger partial charge in [0.05, 0.1) is 24.5 Å². The molecule has 0 saturated carbocycles. The minimum absolute atomic E-state index is 0.139. The first-order valence-corrected chi connectivity index (χ1v) is 9.68. The van der Waals surface area contributed by atoms with Crippen molar-refractivity contribution in [3.05, 3.63) is 88.1 Å². The molecule has 4 heterocycles. The van der Waals surface area contributed by atoms with Crippen molar-refractivity contribution in [3.63, 3.8) is 0 Å². The second kappa shape index (κ2) is 7.57. The molecule has 3 aromatic heterocycles. The van der Waals surface area contributed by atoms with E-state index in [2.05, 4.69) is 20.4 Å². The van der Waals surface area contributed by atoms with E-state index >= 15 is 0 Å². The van der Waals surface area contributed by atoms with Crippen LogP contribution in [-0.4, -0.2) is 32.1 Å². The molecule has 4 aromatic rings. The van der Waals surface area contributed by atoms with Crippen molar-refractivity contribution in [1.29, 1.82) is 0 Å². The molecule has 1 atom stereocenters. The van der Waals surface area contributed by atoms with Crippen LogP contribution in [0, 0.1) is 0 Å². The summed E-state index contributed by atoms with van der Waals surface area (Å²) in [6.07, 6.45) is 3.54. The van der Waals surface area contributed by atoms with Crippen LogP contribution in [0.25, 0.3) is 16.9 Å². The fourth-order valence-corrected chi connectivity index (χ4v) is 3.68. The lowest BCUT2D eigenvalue weighted by molar-refractivity contribution is -0.134. The van der Waals surface area contributed by atoms with Crippen molar-refractivity contribution >= 4 is 11.6 Å². The van der Waals surface area contributed by atoms with Crippen molar-refractivity contribution in [2.45, 2.75) is 19.1 Å². The SMILES string of the molecule is O=C(NCc1cc(=O)n2[nH]c(-c3cccnc3)cc2n1)[C@@H]1OCCc2ccccc21. The minimum atomic E-state index is -0.649. The average molecular weight is 401 g/mol. The van der Waals surface area contributed by atoms with Crippen molar-refractivity contribution in [2.24, 2.45) is 0 Å². The zero-order chi connectivity index (χ0) is 20.5. The van der Waals surface area contributed by atoms with Crippen LogP contribution < -0.4 is 10.9 Å². The number of carbonyl (C=O) groups excluding carboxylic acids is 1. The number of carbonyl (C=O) groups is 1. The lowest BCUT2D eigenvalue weighted by Crippen LogP contribution is -2.34. The number of pyridine rings is 1. The second-order valence-corrected chi connectivity index (χ2v) is 7.11. The highest BCUT2D eigenvalue weighted by Crippen LogP contribution is 2.27. The molecule has 0 fully saturated rings. The highest BCUT2D eigenvalue weighted by molar-refractivity contribution is 5.82. The second-order valence-electron chi connectivity index (χ2n) is 7.11. The number of H-pyrrole nitrogens is 1. The number of aromatic amines is 1. The third-order valence-electron chi connectivity index (χ3n) is 5.15. The van der Waals surface area contributed by atoms with E-state index in [1.807, 2.05) is 36.4 Å². The first kappa shape index (κ1) is 18.3. The summed E-state index contributed by atoms with van der Waals surface area (Å²) in [5.74, 6) is -0.241. The summed E-state index contributed by atoms with van der Waals surface area (Å²) in [6.45, 7) is 0.640. The zero-order valence-electron chi connectivity index (χ0n) is 16.0. The molecular formula is C22H19N5O3. The van der Waals surface area contributed by atoms with E-state index in [-0.39, 0.29) is 18.0 Å². The molecule has 2 N–H and O–H groups in total. The molecule has 30 heavy (non-hydrogen) atoms. The Kier molecular flexibility index (Phi) is 4.61. The Labute approximate surface area is 171 Å². The Morgan fingerprint density at radius 1 is 1.23 bits per heavy atom. The monoisotopic (exact) mass is 401 g/mol. The molecule has 5 rings (SSSR count). The van der Waals surface area contributed by atoms with Crippen LogP contribution in [-0.2, 0) is 22.5 Å². The summed E-state index contributed by atoms with van der Waals surface area (Å²) < 4.78 is 7.06. The van der Waals surface area contributed by atoms with Gasteiger partial charge in [-0.3, -0.25) is 19.7 Å². The number of ether oxygens (including phenoxy) is 1. The number of amides is 1. The molecule has 0 bridgehead atoms. The van der Waals surface area contributed by atoms with Crippen LogP contribution in [0.3, 0.4) is 0 Å². The van der Waals surface area contributed by atoms with Gasteiger partial charge in [-0.2, -0.15) is 0 Å². The fraction of sp³-hybridized carbons (Fsp3) is 0.182. The van der Waals surface area contributed by atoms with E-state index in [1.165, 1.54) is 10.6 Å². The van der Waals surface area contributed by atoms with Crippen LogP contribution in [0.2, 0.25) is 0 Å². The number of fused-ring (bicyclic) bond motifs is 2. The number of hydrogen-bond acceptors (Lipinski definition) is 5. The summed E-state index contributed by atoms with van der Waals surface area (Å²) in [7, 11) is 0. The van der Waals surface area contributed by atoms with Crippen LogP contribution in [0.15, 0.2) is 65.7 Å². The van der Waals surface area contributed by atoms with Crippen molar-refractivity contribution in [1.82, 2.24) is 24.9 Å². The van der Waals surface area contributed by atoms with Gasteiger partial charge in [0.15, 0.2) is 11.8 Å². The minimum Gasteiger partial charge on any atom is -0.363 e. The highest BCUT2D eigenvalue weighted by Gasteiger charge is 2.27. The van der Waals surface area contributed by atoms with E-state index in [1.54, 1.807) is 18.5 Å². The predicted octanol–water partition coefficient (Wildman–Crippen LogP) is 2.01. The quantitative estimate of drug-likeness (QED) is 0.545. The maximum atomic E-state index is 12.7. The van der Waals surface area contributed by atoms with Gasteiger partial charge >= 0.3 is 0 Å². The molecule has 0 radical (unpaired) electrons. The lowest BCUT2D eigenvalue weighted by Gasteiger charge is -2.25. The first-order valence-electron chi connectivity index (χ1n) is 9.68. The van der Waals surface area contributed by atoms with Crippen molar-refractivity contribution in [2.75, 3.05) is 6.61 Å². The molecule has 0 aliphatic carbocycles. The lowest BCUT2D eigenvalue weighted by atomic mass is 9.97. The Morgan fingerprint density at radius 2 is 2.13 bits per heavy atom. The molecule has 0 unspecified atom stereocenters. The van der Waals surface area contributed by atoms with Gasteiger partial charge in [-0.25, -0.2) is 9.50 Å². The molecule has 1 aromatic carbocycles. The predicted molar refractivity (Wildman–Crippen MR) is 110 cm³/mol. The van der Waals surface area contributed by atoms with E-state index in [0.29, 0.717) is 17.9 Å². The number of hydrogen-bond donors (Lipinski definition) is 2. The van der Waals surface area contributed by atoms with Gasteiger partial charge in [0.25, 0.3) is 11.5 Å². The molecule has 1 amide bonds. The van der Waals surface area contributed by atoms with Gasteiger partial charge < -0.3 is 10.1 Å². The Bertz CT molecular complexity index is 1280. The largest absolute Gasteiger partial charge is 0.363 e. The third kappa shape index (κ3) is 3.37. The molecule has 150 valence electrons. The fourth-order valence-electron chi connectivity index (χ4n) is 3.68. The number of nitrogens with one attached hydrogen (secondary N) is 2. The standard InChI is InChI=1S/C22H19N5O3/c28-20-10-16(25-19-11-18(26-27(19)20)15-5-3-8-23-12-15)13-24-22(29)21-17-6-2-1-4-14(17)7-9-30-21/h1-6,8,10-12,21,26H,7,9,13H2,(H,24,29)/t21-/m1/s1. The van der Waals surface area contributed by atoms with Crippen LogP contribution >= 0.6 is 0 Å². The van der Waals surface area contributed by atoms with E-state index < -0.39 is 6.10 Å². The van der Waals surface area contributed by atoms with Crippen LogP contribution in [0.5, 0.6) is 0 Å². The molecule has 0 saturated heterocycles. The van der Waals surface area contributed by atoms with Gasteiger partial charge in [-0.1, -0.05) is 24.3 Å². The zero-order valence-corrected chi connectivity index (χ0v) is 16.0. The third-order valence-corrected chi connectivity index (χ3v) is 5.15. The van der Waals surface area contributed by atoms with Gasteiger partial charge in [0.1, 0.15) is 0 Å². The molecule has 1 aliphatic rings. The normalized spacial score (nSPS) is 15.7. The number of nitrogens with zero attached hydrogens (tertiary/aromatic N) is 3. The summed E-state index contributed by atoms with van der Waals surface area (Å²) in [4.78, 5) is 33.8. The summed E-state index contributed by atoms with van der Waals surface area (Å²) in [5, 5.41) is 5.87. The maximum Gasteiger partial charge on any atom is 0.272 e. The molecular weight excluding hydrogens is 382 g/mol. The van der Waals surface area contributed by atoms with Crippen molar-refractivity contribution < 1.29 is 9.53 Å². The van der Waals surface area contributed by atoms with Gasteiger partial charge in [0, 0.05) is 30.1 Å². The number of rotatable bonds is 4. The molecule has 8 nitrogen and oxygen atoms in total. The molecule has 1 aliphatic heterocycles. The van der Waals surface area contributed by atoms with E-state index in [0.717, 1.165) is 28.8 Å². The Balaban J connectivity index is 1.36. The highest BCUT2D eigenvalue weighted by atomic mass is 16.5. The Morgan fingerprint density at radius 3 is 3.00 bits per heavy atom. The van der Waals surface area contributed by atoms with Crippen LogP contribution in [0.4, 0.5) is 0 Å². The smallest absolute Gasteiger partial charge is 0.272 e. The average Bonchev–Trinajstić information content (AvgIpc) is 3.23. The Hall–Kier alpha value is -3.78. The number of aromatic nitrogens is 4. The first-order chi connectivity index (χ1) is 14.7. The molecule has 8 heteroatoms. The van der Waals surface area contributed by atoms with E-state index in [4.69, 9.17) is 4.74 Å². The van der Waals surface area contributed by atoms with Crippen molar-refractivity contribution in [3.8, 4) is 11.3 Å². The van der Waals surface area contributed by atoms with Gasteiger partial charge in [-0.15, -0.1) is 0 Å².